The van der Waals surface area contributed by atoms with Crippen LogP contribution in [0.3, 0.4) is 0 Å². The van der Waals surface area contributed by atoms with Gasteiger partial charge in [-0.05, 0) is 21.6 Å². The van der Waals surface area contributed by atoms with Crippen LogP contribution in [0.5, 0.6) is 0 Å². The molecule has 0 spiro atoms. The SMILES string of the molecule is Cn1nnnc1SCC1=C(C(=O)O)N2C(=O)C(NC(=O)CC(N)c3ccccc3)[C@@H]2SC1. The fourth-order valence-corrected chi connectivity index (χ4v) is 5.87. The molecule has 1 saturated heterocycles. The summed E-state index contributed by atoms with van der Waals surface area (Å²) in [6, 6.07) is 7.96. The lowest BCUT2D eigenvalue weighted by Crippen LogP contribution is -2.70. The molecule has 3 heterocycles. The molecule has 2 aliphatic rings. The third-order valence-electron chi connectivity index (χ3n) is 5.16. The summed E-state index contributed by atoms with van der Waals surface area (Å²) in [6.07, 6.45) is 0.0282. The summed E-state index contributed by atoms with van der Waals surface area (Å²) in [5.74, 6) is -1.21. The first kappa shape index (κ1) is 22.3. The number of thioether (sulfide) groups is 2. The van der Waals surface area contributed by atoms with Crippen molar-refractivity contribution in [1.29, 1.82) is 0 Å². The van der Waals surface area contributed by atoms with Crippen molar-refractivity contribution in [3.63, 3.8) is 0 Å². The molecule has 1 aromatic heterocycles. The Hall–Kier alpha value is -2.90. The Morgan fingerprint density at radius 2 is 2.12 bits per heavy atom. The standard InChI is InChI=1S/C19H21N7O4S2/c1-25-19(22-23-24-25)32-9-11-8-31-17-14(16(28)26(17)15(11)18(29)30)21-13(27)7-12(20)10-5-3-2-4-6-10/h2-6,12,14,17H,7-9,20H2,1H3,(H,21,27)(H,29,30)/t12?,14?,17-/m0/s1. The van der Waals surface area contributed by atoms with Crippen LogP contribution in [0.25, 0.3) is 0 Å². The van der Waals surface area contributed by atoms with Crippen molar-refractivity contribution in [1.82, 2.24) is 30.4 Å². The number of tetrazole rings is 1. The number of nitrogens with zero attached hydrogens (tertiary/aromatic N) is 5. The highest BCUT2D eigenvalue weighted by Crippen LogP contribution is 2.41. The average Bonchev–Trinajstić information content (AvgIpc) is 3.20. The first-order valence-corrected chi connectivity index (χ1v) is 11.7. The summed E-state index contributed by atoms with van der Waals surface area (Å²) in [5.41, 5.74) is 7.50. The molecule has 0 bridgehead atoms. The maximum atomic E-state index is 12.8. The summed E-state index contributed by atoms with van der Waals surface area (Å²) < 4.78 is 1.49. The maximum Gasteiger partial charge on any atom is 0.352 e. The summed E-state index contributed by atoms with van der Waals surface area (Å²) in [5, 5.41) is 23.7. The van der Waals surface area contributed by atoms with Gasteiger partial charge in [-0.1, -0.05) is 42.1 Å². The largest absolute Gasteiger partial charge is 0.477 e. The predicted molar refractivity (Wildman–Crippen MR) is 117 cm³/mol. The molecular formula is C19H21N7O4S2. The van der Waals surface area contributed by atoms with E-state index in [9.17, 15) is 19.5 Å². The lowest BCUT2D eigenvalue weighted by atomic mass is 10.0. The third kappa shape index (κ3) is 4.36. The molecule has 2 amide bonds. The summed E-state index contributed by atoms with van der Waals surface area (Å²) in [7, 11) is 1.69. The second kappa shape index (κ2) is 9.30. The van der Waals surface area contributed by atoms with Crippen molar-refractivity contribution < 1.29 is 19.5 Å². The highest BCUT2D eigenvalue weighted by molar-refractivity contribution is 8.01. The number of carboxylic acids is 1. The highest BCUT2D eigenvalue weighted by Gasteiger charge is 2.54. The van der Waals surface area contributed by atoms with Gasteiger partial charge in [0, 0.05) is 31.0 Å². The molecule has 32 heavy (non-hydrogen) atoms. The fraction of sp³-hybridized carbons (Fsp3) is 0.368. The predicted octanol–water partition coefficient (Wildman–Crippen LogP) is 0.131. The zero-order valence-corrected chi connectivity index (χ0v) is 18.7. The number of aromatic nitrogens is 4. The number of aliphatic carboxylic acids is 1. The van der Waals surface area contributed by atoms with Crippen LogP contribution >= 0.6 is 23.5 Å². The van der Waals surface area contributed by atoms with Crippen molar-refractivity contribution >= 4 is 41.3 Å². The number of carboxylic acid groups (broad SMARTS) is 1. The summed E-state index contributed by atoms with van der Waals surface area (Å²) in [6.45, 7) is 0. The molecule has 1 aromatic carbocycles. The van der Waals surface area contributed by atoms with Crippen LogP contribution in [0.2, 0.25) is 0 Å². The molecule has 4 rings (SSSR count). The number of hydrogen-bond acceptors (Lipinski definition) is 9. The van der Waals surface area contributed by atoms with Gasteiger partial charge in [0.25, 0.3) is 5.91 Å². The Morgan fingerprint density at radius 1 is 1.38 bits per heavy atom. The minimum atomic E-state index is -1.17. The van der Waals surface area contributed by atoms with E-state index in [1.807, 2.05) is 30.3 Å². The lowest BCUT2D eigenvalue weighted by molar-refractivity contribution is -0.150. The first-order valence-electron chi connectivity index (χ1n) is 9.72. The Labute approximate surface area is 191 Å². The molecule has 13 heteroatoms. The van der Waals surface area contributed by atoms with Crippen LogP contribution in [0, 0.1) is 0 Å². The average molecular weight is 476 g/mol. The minimum absolute atomic E-state index is 0.0282. The number of hydrogen-bond donors (Lipinski definition) is 3. The van der Waals surface area contributed by atoms with Gasteiger partial charge in [0.1, 0.15) is 17.1 Å². The monoisotopic (exact) mass is 475 g/mol. The molecule has 2 unspecified atom stereocenters. The number of benzene rings is 1. The molecule has 1 fully saturated rings. The number of amides is 2. The normalized spacial score (nSPS) is 21.1. The second-order valence-corrected chi connectivity index (χ2v) is 9.35. The number of fused-ring (bicyclic) bond motifs is 1. The molecule has 11 nitrogen and oxygen atoms in total. The number of nitrogens with two attached hydrogens (primary N) is 1. The molecular weight excluding hydrogens is 454 g/mol. The van der Waals surface area contributed by atoms with Crippen molar-refractivity contribution in [2.45, 2.75) is 29.0 Å². The highest BCUT2D eigenvalue weighted by atomic mass is 32.2. The number of carbonyl (C=O) groups is 3. The van der Waals surface area contributed by atoms with Gasteiger partial charge in [-0.2, -0.15) is 0 Å². The van der Waals surface area contributed by atoms with Crippen molar-refractivity contribution in [2.75, 3.05) is 11.5 Å². The number of nitrogens with one attached hydrogen (secondary N) is 1. The molecule has 0 saturated carbocycles. The number of β-lactam (4-membered cyclic amide) rings is 1. The lowest BCUT2D eigenvalue weighted by Gasteiger charge is -2.49. The van der Waals surface area contributed by atoms with Gasteiger partial charge in [-0.3, -0.25) is 14.5 Å². The Kier molecular flexibility index (Phi) is 6.48. The van der Waals surface area contributed by atoms with Gasteiger partial charge in [-0.15, -0.1) is 16.9 Å². The van der Waals surface area contributed by atoms with Crippen molar-refractivity contribution in [2.24, 2.45) is 12.8 Å². The van der Waals surface area contributed by atoms with Crippen molar-refractivity contribution in [3.05, 3.63) is 47.2 Å². The van der Waals surface area contributed by atoms with Gasteiger partial charge in [-0.25, -0.2) is 9.48 Å². The zero-order valence-electron chi connectivity index (χ0n) is 17.0. The molecule has 168 valence electrons. The number of carbonyl (C=O) groups excluding carboxylic acids is 2. The van der Waals surface area contributed by atoms with Gasteiger partial charge in [0.15, 0.2) is 0 Å². The zero-order chi connectivity index (χ0) is 22.8. The van der Waals surface area contributed by atoms with E-state index in [0.717, 1.165) is 5.56 Å². The van der Waals surface area contributed by atoms with E-state index < -0.39 is 29.3 Å². The smallest absolute Gasteiger partial charge is 0.352 e. The number of aryl methyl sites for hydroxylation is 1. The Balaban J connectivity index is 1.41. The molecule has 0 radical (unpaired) electrons. The van der Waals surface area contributed by atoms with Gasteiger partial charge >= 0.3 is 5.97 Å². The summed E-state index contributed by atoms with van der Waals surface area (Å²) >= 11 is 2.72. The topological polar surface area (TPSA) is 156 Å². The van der Waals surface area contributed by atoms with Gasteiger partial charge in [0.05, 0.1) is 0 Å². The number of rotatable bonds is 8. The van der Waals surface area contributed by atoms with E-state index >= 15 is 0 Å². The van der Waals surface area contributed by atoms with E-state index in [1.54, 1.807) is 7.05 Å². The molecule has 0 aliphatic carbocycles. The third-order valence-corrected chi connectivity index (χ3v) is 7.59. The van der Waals surface area contributed by atoms with Gasteiger partial charge < -0.3 is 16.2 Å². The van der Waals surface area contributed by atoms with Crippen LogP contribution in [0.4, 0.5) is 0 Å². The van der Waals surface area contributed by atoms with Crippen LogP contribution in [0.1, 0.15) is 18.0 Å². The molecule has 4 N–H and O–H groups in total. The van der Waals surface area contributed by atoms with E-state index in [-0.39, 0.29) is 18.0 Å². The van der Waals surface area contributed by atoms with Crippen molar-refractivity contribution in [3.8, 4) is 0 Å². The quantitative estimate of drug-likeness (QED) is 0.354. The van der Waals surface area contributed by atoms with E-state index in [1.165, 1.54) is 33.1 Å². The fourth-order valence-electron chi connectivity index (χ4n) is 3.54. The molecule has 2 aliphatic heterocycles. The Bertz CT molecular complexity index is 1070. The van der Waals surface area contributed by atoms with E-state index in [0.29, 0.717) is 22.2 Å². The molecule has 3 atom stereocenters. The molecule has 2 aromatic rings. The van der Waals surface area contributed by atoms with E-state index in [2.05, 4.69) is 20.8 Å². The summed E-state index contributed by atoms with van der Waals surface area (Å²) in [4.78, 5) is 38.4. The van der Waals surface area contributed by atoms with Crippen LogP contribution < -0.4 is 11.1 Å². The van der Waals surface area contributed by atoms with E-state index in [4.69, 9.17) is 5.73 Å². The Morgan fingerprint density at radius 3 is 2.78 bits per heavy atom. The van der Waals surface area contributed by atoms with Gasteiger partial charge in [0.2, 0.25) is 11.1 Å². The minimum Gasteiger partial charge on any atom is -0.477 e. The first-order chi connectivity index (χ1) is 15.4. The van der Waals surface area contributed by atoms with Crippen LogP contribution in [0.15, 0.2) is 46.8 Å². The van der Waals surface area contributed by atoms with Crippen LogP contribution in [-0.2, 0) is 21.4 Å². The second-order valence-electron chi connectivity index (χ2n) is 7.31. The maximum absolute atomic E-state index is 12.8. The van der Waals surface area contributed by atoms with Crippen LogP contribution in [-0.4, -0.2) is 70.9 Å².